The van der Waals surface area contributed by atoms with Gasteiger partial charge in [0.25, 0.3) is 0 Å². The van der Waals surface area contributed by atoms with Crippen LogP contribution in [0, 0.1) is 6.92 Å². The molecule has 0 aliphatic rings. The Balaban J connectivity index is 1.88. The predicted octanol–water partition coefficient (Wildman–Crippen LogP) is 5.12. The molecule has 0 aliphatic carbocycles. The molecule has 27 heavy (non-hydrogen) atoms. The third-order valence-electron chi connectivity index (χ3n) is 4.45. The van der Waals surface area contributed by atoms with Crippen molar-refractivity contribution in [3.63, 3.8) is 0 Å². The maximum absolute atomic E-state index is 9.79. The van der Waals surface area contributed by atoms with E-state index in [9.17, 15) is 5.11 Å². The van der Waals surface area contributed by atoms with Crippen LogP contribution in [0.4, 0.5) is 5.82 Å². The first-order chi connectivity index (χ1) is 13.1. The van der Waals surface area contributed by atoms with Crippen LogP contribution in [-0.4, -0.2) is 22.2 Å². The lowest BCUT2D eigenvalue weighted by Crippen LogP contribution is -2.12. The molecule has 0 amide bonds. The van der Waals surface area contributed by atoms with Crippen molar-refractivity contribution < 1.29 is 9.84 Å². The Hall–Kier alpha value is -3.08. The van der Waals surface area contributed by atoms with Gasteiger partial charge in [-0.2, -0.15) is 0 Å². The summed E-state index contributed by atoms with van der Waals surface area (Å²) < 4.78 is 5.19. The summed E-state index contributed by atoms with van der Waals surface area (Å²) in [5.41, 5.74) is 4.04. The SMILES string of the molecule is CCCC(Nc1cncc(-c2ccc(O)c(OC)c2)n1)c1cccc(C)c1. The molecule has 1 aromatic heterocycles. The zero-order chi connectivity index (χ0) is 19.2. The lowest BCUT2D eigenvalue weighted by atomic mass is 10.0. The molecule has 1 atom stereocenters. The van der Waals surface area contributed by atoms with E-state index in [2.05, 4.69) is 48.4 Å². The van der Waals surface area contributed by atoms with Gasteiger partial charge in [0, 0.05) is 5.56 Å². The summed E-state index contributed by atoms with van der Waals surface area (Å²) in [5.74, 6) is 1.24. The molecule has 0 aliphatic heterocycles. The third-order valence-corrected chi connectivity index (χ3v) is 4.45. The van der Waals surface area contributed by atoms with Crippen LogP contribution >= 0.6 is 0 Å². The van der Waals surface area contributed by atoms with E-state index in [0.717, 1.165) is 29.9 Å². The number of nitrogens with zero attached hydrogens (tertiary/aromatic N) is 2. The standard InChI is InChI=1S/C22H25N3O2/c1-4-6-18(16-8-5-7-15(2)11-16)24-22-14-23-13-19(25-22)17-9-10-20(26)21(12-17)27-3/h5,7-14,18,26H,4,6H2,1-3H3,(H,24,25). The highest BCUT2D eigenvalue weighted by Crippen LogP contribution is 2.31. The summed E-state index contributed by atoms with van der Waals surface area (Å²) in [6.45, 7) is 4.28. The van der Waals surface area contributed by atoms with E-state index in [4.69, 9.17) is 9.72 Å². The predicted molar refractivity (Wildman–Crippen MR) is 108 cm³/mol. The number of aromatic hydroxyl groups is 1. The van der Waals surface area contributed by atoms with E-state index in [1.54, 1.807) is 30.6 Å². The molecule has 1 heterocycles. The van der Waals surface area contributed by atoms with Crippen LogP contribution in [0.1, 0.15) is 36.9 Å². The monoisotopic (exact) mass is 363 g/mol. The topological polar surface area (TPSA) is 67.3 Å². The van der Waals surface area contributed by atoms with Gasteiger partial charge >= 0.3 is 0 Å². The van der Waals surface area contributed by atoms with Crippen molar-refractivity contribution in [3.8, 4) is 22.8 Å². The number of ether oxygens (including phenoxy) is 1. The van der Waals surface area contributed by atoms with Crippen molar-refractivity contribution in [2.24, 2.45) is 0 Å². The summed E-state index contributed by atoms with van der Waals surface area (Å²) in [7, 11) is 1.53. The highest BCUT2D eigenvalue weighted by molar-refractivity contribution is 5.64. The van der Waals surface area contributed by atoms with Gasteiger partial charge in [0.05, 0.1) is 31.2 Å². The van der Waals surface area contributed by atoms with E-state index in [1.165, 1.54) is 18.2 Å². The normalized spacial score (nSPS) is 11.8. The zero-order valence-electron chi connectivity index (χ0n) is 15.9. The van der Waals surface area contributed by atoms with Crippen molar-refractivity contribution in [2.75, 3.05) is 12.4 Å². The van der Waals surface area contributed by atoms with Gasteiger partial charge in [-0.15, -0.1) is 0 Å². The zero-order valence-corrected chi connectivity index (χ0v) is 15.9. The third kappa shape index (κ3) is 4.56. The number of phenolic OH excluding ortho intramolecular Hbond substituents is 1. The molecule has 5 nitrogen and oxygen atoms in total. The molecular weight excluding hydrogens is 338 g/mol. The number of aryl methyl sites for hydroxylation is 1. The van der Waals surface area contributed by atoms with Crippen molar-refractivity contribution in [1.29, 1.82) is 0 Å². The van der Waals surface area contributed by atoms with E-state index in [0.29, 0.717) is 5.75 Å². The molecule has 3 aromatic rings. The van der Waals surface area contributed by atoms with Crippen LogP contribution in [0.5, 0.6) is 11.5 Å². The van der Waals surface area contributed by atoms with Gasteiger partial charge in [0.15, 0.2) is 11.5 Å². The van der Waals surface area contributed by atoms with E-state index >= 15 is 0 Å². The van der Waals surface area contributed by atoms with Gasteiger partial charge in [0.1, 0.15) is 5.82 Å². The lowest BCUT2D eigenvalue weighted by molar-refractivity contribution is 0.373. The Bertz CT molecular complexity index is 912. The minimum Gasteiger partial charge on any atom is -0.504 e. The molecule has 0 fully saturated rings. The maximum atomic E-state index is 9.79. The second-order valence-corrected chi connectivity index (χ2v) is 6.58. The number of aromatic nitrogens is 2. The Morgan fingerprint density at radius 2 is 2.00 bits per heavy atom. The molecule has 0 bridgehead atoms. The Morgan fingerprint density at radius 1 is 1.15 bits per heavy atom. The molecule has 0 spiro atoms. The first kappa shape index (κ1) is 18.7. The molecule has 1 unspecified atom stereocenters. The van der Waals surface area contributed by atoms with Gasteiger partial charge < -0.3 is 15.2 Å². The summed E-state index contributed by atoms with van der Waals surface area (Å²) >= 11 is 0. The summed E-state index contributed by atoms with van der Waals surface area (Å²) in [4.78, 5) is 9.04. The summed E-state index contributed by atoms with van der Waals surface area (Å²) in [5, 5.41) is 13.3. The fraction of sp³-hybridized carbons (Fsp3) is 0.273. The molecule has 2 aromatic carbocycles. The van der Waals surface area contributed by atoms with Crippen molar-refractivity contribution in [1.82, 2.24) is 9.97 Å². The first-order valence-electron chi connectivity index (χ1n) is 9.13. The number of rotatable bonds is 7. The quantitative estimate of drug-likeness (QED) is 0.610. The van der Waals surface area contributed by atoms with Crippen LogP contribution < -0.4 is 10.1 Å². The Kier molecular flexibility index (Phi) is 5.91. The van der Waals surface area contributed by atoms with Crippen LogP contribution in [0.3, 0.4) is 0 Å². The molecule has 0 saturated carbocycles. The van der Waals surface area contributed by atoms with Crippen molar-refractivity contribution in [3.05, 3.63) is 66.0 Å². The van der Waals surface area contributed by atoms with E-state index in [-0.39, 0.29) is 11.8 Å². The number of hydrogen-bond acceptors (Lipinski definition) is 5. The number of anilines is 1. The highest BCUT2D eigenvalue weighted by Gasteiger charge is 2.13. The minimum atomic E-state index is 0.103. The lowest BCUT2D eigenvalue weighted by Gasteiger charge is -2.20. The average molecular weight is 363 g/mol. The second kappa shape index (κ2) is 8.54. The summed E-state index contributed by atoms with van der Waals surface area (Å²) in [6, 6.07) is 13.9. The number of methoxy groups -OCH3 is 1. The van der Waals surface area contributed by atoms with Crippen LogP contribution in [0.15, 0.2) is 54.9 Å². The first-order valence-corrected chi connectivity index (χ1v) is 9.13. The Morgan fingerprint density at radius 3 is 2.74 bits per heavy atom. The molecule has 3 rings (SSSR count). The minimum absolute atomic E-state index is 0.103. The summed E-state index contributed by atoms with van der Waals surface area (Å²) in [6.07, 6.45) is 5.51. The molecule has 2 N–H and O–H groups in total. The van der Waals surface area contributed by atoms with Crippen LogP contribution in [-0.2, 0) is 0 Å². The van der Waals surface area contributed by atoms with Crippen molar-refractivity contribution in [2.45, 2.75) is 32.7 Å². The average Bonchev–Trinajstić information content (AvgIpc) is 2.68. The fourth-order valence-corrected chi connectivity index (χ4v) is 3.09. The van der Waals surface area contributed by atoms with E-state index in [1.807, 2.05) is 0 Å². The van der Waals surface area contributed by atoms with Gasteiger partial charge in [-0.1, -0.05) is 43.2 Å². The molecule has 0 saturated heterocycles. The van der Waals surface area contributed by atoms with Gasteiger partial charge in [-0.3, -0.25) is 4.98 Å². The maximum Gasteiger partial charge on any atom is 0.161 e. The molecule has 140 valence electrons. The number of nitrogens with one attached hydrogen (secondary N) is 1. The van der Waals surface area contributed by atoms with Gasteiger partial charge in [-0.05, 0) is 37.1 Å². The van der Waals surface area contributed by atoms with Crippen LogP contribution in [0.2, 0.25) is 0 Å². The number of phenols is 1. The molecule has 0 radical (unpaired) electrons. The fourth-order valence-electron chi connectivity index (χ4n) is 3.09. The smallest absolute Gasteiger partial charge is 0.161 e. The van der Waals surface area contributed by atoms with Crippen LogP contribution in [0.25, 0.3) is 11.3 Å². The number of benzene rings is 2. The Labute approximate surface area is 160 Å². The van der Waals surface area contributed by atoms with E-state index < -0.39 is 0 Å². The molecular formula is C22H25N3O2. The van der Waals surface area contributed by atoms with Gasteiger partial charge in [0.2, 0.25) is 0 Å². The highest BCUT2D eigenvalue weighted by atomic mass is 16.5. The largest absolute Gasteiger partial charge is 0.504 e. The van der Waals surface area contributed by atoms with Crippen molar-refractivity contribution >= 4 is 5.82 Å². The second-order valence-electron chi connectivity index (χ2n) is 6.58. The molecule has 5 heteroatoms. The number of hydrogen-bond donors (Lipinski definition) is 2. The van der Waals surface area contributed by atoms with Gasteiger partial charge in [-0.25, -0.2) is 4.98 Å².